The number of hydrogen-bond donors (Lipinski definition) is 0. The second-order valence-corrected chi connectivity index (χ2v) is 6.37. The fourth-order valence-corrected chi connectivity index (χ4v) is 3.61. The summed E-state index contributed by atoms with van der Waals surface area (Å²) in [5, 5.41) is 0. The number of carbonyl (C=O) groups excluding carboxylic acids is 1. The molecule has 0 aliphatic heterocycles. The quantitative estimate of drug-likeness (QED) is 0.625. The molecule has 1 amide bonds. The smallest absolute Gasteiger partial charge is 0.285 e. The molecule has 3 aromatic rings. The summed E-state index contributed by atoms with van der Waals surface area (Å²) in [5.74, 6) is -2.14. The van der Waals surface area contributed by atoms with Crippen molar-refractivity contribution < 1.29 is 18.3 Å². The molecule has 0 aliphatic rings. The van der Waals surface area contributed by atoms with Crippen LogP contribution in [0.2, 0.25) is 0 Å². The molecule has 0 saturated heterocycles. The van der Waals surface area contributed by atoms with E-state index in [-0.39, 0.29) is 0 Å². The van der Waals surface area contributed by atoms with Crippen LogP contribution in [0.4, 0.5) is 8.78 Å². The summed E-state index contributed by atoms with van der Waals surface area (Å²) < 4.78 is 35.8. The lowest BCUT2D eigenvalue weighted by molar-refractivity contribution is 0.0990. The zero-order valence-electron chi connectivity index (χ0n) is 14.0. The zero-order valence-corrected chi connectivity index (χ0v) is 14.9. The molecule has 0 bridgehead atoms. The van der Waals surface area contributed by atoms with Crippen LogP contribution in [-0.2, 0) is 6.54 Å². The van der Waals surface area contributed by atoms with Crippen LogP contribution in [0.25, 0.3) is 10.2 Å². The van der Waals surface area contributed by atoms with E-state index < -0.39 is 23.1 Å². The Morgan fingerprint density at radius 2 is 2.04 bits per heavy atom. The SMILES string of the molecule is C=CCn1c(=NC(=O)c2c(F)cccc2F)sc2cc(OCC)ccc21. The standard InChI is InChI=1S/C19H16F2N2O2S/c1-3-10-23-15-9-8-12(25-4-2)11-16(15)26-19(23)22-18(24)17-13(20)6-5-7-14(17)21/h3,5-9,11H,1,4,10H2,2H3. The van der Waals surface area contributed by atoms with Gasteiger partial charge in [-0.15, -0.1) is 6.58 Å². The minimum Gasteiger partial charge on any atom is -0.494 e. The molecule has 4 nitrogen and oxygen atoms in total. The Balaban J connectivity index is 2.16. The average Bonchev–Trinajstić information content (AvgIpc) is 2.92. The van der Waals surface area contributed by atoms with Gasteiger partial charge >= 0.3 is 0 Å². The number of thiazole rings is 1. The molecule has 0 spiro atoms. The number of carbonyl (C=O) groups is 1. The molecule has 1 aromatic heterocycles. The topological polar surface area (TPSA) is 43.6 Å². The van der Waals surface area contributed by atoms with Gasteiger partial charge in [0.05, 0.1) is 16.8 Å². The summed E-state index contributed by atoms with van der Waals surface area (Å²) in [6, 6.07) is 8.78. The van der Waals surface area contributed by atoms with Gasteiger partial charge in [-0.1, -0.05) is 23.5 Å². The first-order valence-electron chi connectivity index (χ1n) is 7.95. The highest BCUT2D eigenvalue weighted by atomic mass is 32.1. The number of allylic oxidation sites excluding steroid dienone is 1. The molecule has 7 heteroatoms. The van der Waals surface area contributed by atoms with Crippen LogP contribution < -0.4 is 9.54 Å². The van der Waals surface area contributed by atoms with Crippen molar-refractivity contribution in [2.24, 2.45) is 4.99 Å². The van der Waals surface area contributed by atoms with Crippen LogP contribution >= 0.6 is 11.3 Å². The van der Waals surface area contributed by atoms with Gasteiger partial charge in [-0.05, 0) is 37.3 Å². The lowest BCUT2D eigenvalue weighted by Gasteiger charge is -2.04. The van der Waals surface area contributed by atoms with Crippen molar-refractivity contribution >= 4 is 27.5 Å². The van der Waals surface area contributed by atoms with Gasteiger partial charge in [0, 0.05) is 6.54 Å². The zero-order chi connectivity index (χ0) is 18.7. The van der Waals surface area contributed by atoms with E-state index in [0.29, 0.717) is 23.7 Å². The van der Waals surface area contributed by atoms with E-state index in [1.807, 2.05) is 25.1 Å². The van der Waals surface area contributed by atoms with E-state index in [1.165, 1.54) is 17.4 Å². The first kappa shape index (κ1) is 18.0. The summed E-state index contributed by atoms with van der Waals surface area (Å²) in [6.45, 7) is 6.53. The Morgan fingerprint density at radius 3 is 2.69 bits per heavy atom. The van der Waals surface area contributed by atoms with Gasteiger partial charge in [-0.3, -0.25) is 4.79 Å². The number of hydrogen-bond acceptors (Lipinski definition) is 3. The minimum absolute atomic E-state index is 0.334. The summed E-state index contributed by atoms with van der Waals surface area (Å²) in [4.78, 5) is 16.6. The monoisotopic (exact) mass is 374 g/mol. The number of aromatic nitrogens is 1. The lowest BCUT2D eigenvalue weighted by atomic mass is 10.2. The molecule has 0 radical (unpaired) electrons. The van der Waals surface area contributed by atoms with E-state index in [2.05, 4.69) is 11.6 Å². The van der Waals surface area contributed by atoms with Crippen LogP contribution in [0.1, 0.15) is 17.3 Å². The predicted molar refractivity (Wildman–Crippen MR) is 97.4 cm³/mol. The van der Waals surface area contributed by atoms with Gasteiger partial charge in [-0.25, -0.2) is 8.78 Å². The number of ether oxygens (including phenoxy) is 1. The Kier molecular flexibility index (Phi) is 5.27. The van der Waals surface area contributed by atoms with Gasteiger partial charge in [0.1, 0.15) is 22.9 Å². The largest absolute Gasteiger partial charge is 0.494 e. The highest BCUT2D eigenvalue weighted by molar-refractivity contribution is 7.16. The van der Waals surface area contributed by atoms with Crippen molar-refractivity contribution in [3.05, 3.63) is 71.1 Å². The minimum atomic E-state index is -0.963. The molecule has 0 unspecified atom stereocenters. The Morgan fingerprint density at radius 1 is 1.31 bits per heavy atom. The number of halogens is 2. The van der Waals surface area contributed by atoms with Gasteiger partial charge in [0.25, 0.3) is 5.91 Å². The number of amides is 1. The number of benzene rings is 2. The molecule has 0 fully saturated rings. The van der Waals surface area contributed by atoms with Crippen LogP contribution in [0.3, 0.4) is 0 Å². The fraction of sp³-hybridized carbons (Fsp3) is 0.158. The molecule has 3 rings (SSSR count). The molecule has 134 valence electrons. The van der Waals surface area contributed by atoms with Crippen molar-refractivity contribution in [2.45, 2.75) is 13.5 Å². The molecular formula is C19H16F2N2O2S. The van der Waals surface area contributed by atoms with Crippen molar-refractivity contribution in [3.63, 3.8) is 0 Å². The van der Waals surface area contributed by atoms with Gasteiger partial charge in [0.2, 0.25) is 0 Å². The summed E-state index contributed by atoms with van der Waals surface area (Å²) >= 11 is 1.24. The third-order valence-corrected chi connectivity index (χ3v) is 4.69. The van der Waals surface area contributed by atoms with Crippen LogP contribution in [0.15, 0.2) is 54.0 Å². The molecule has 0 saturated carbocycles. The highest BCUT2D eigenvalue weighted by Crippen LogP contribution is 2.24. The highest BCUT2D eigenvalue weighted by Gasteiger charge is 2.17. The lowest BCUT2D eigenvalue weighted by Crippen LogP contribution is -2.17. The van der Waals surface area contributed by atoms with Crippen molar-refractivity contribution in [1.29, 1.82) is 0 Å². The maximum absolute atomic E-state index is 13.8. The van der Waals surface area contributed by atoms with Crippen molar-refractivity contribution in [1.82, 2.24) is 4.57 Å². The molecule has 0 N–H and O–H groups in total. The van der Waals surface area contributed by atoms with Crippen LogP contribution in [0, 0.1) is 11.6 Å². The van der Waals surface area contributed by atoms with E-state index in [1.54, 1.807) is 10.6 Å². The van der Waals surface area contributed by atoms with Gasteiger partial charge in [-0.2, -0.15) is 4.99 Å². The summed E-state index contributed by atoms with van der Waals surface area (Å²) in [7, 11) is 0. The average molecular weight is 374 g/mol. The van der Waals surface area contributed by atoms with E-state index in [0.717, 1.165) is 22.3 Å². The third kappa shape index (κ3) is 3.43. The summed E-state index contributed by atoms with van der Waals surface area (Å²) in [5.41, 5.74) is 0.170. The first-order valence-corrected chi connectivity index (χ1v) is 8.77. The molecule has 0 atom stereocenters. The number of rotatable bonds is 5. The van der Waals surface area contributed by atoms with Crippen molar-refractivity contribution in [3.8, 4) is 5.75 Å². The maximum atomic E-state index is 13.8. The Hall–Kier alpha value is -2.80. The molecular weight excluding hydrogens is 358 g/mol. The molecule has 2 aromatic carbocycles. The Bertz CT molecular complexity index is 1030. The van der Waals surface area contributed by atoms with Crippen LogP contribution in [0.5, 0.6) is 5.75 Å². The van der Waals surface area contributed by atoms with Gasteiger partial charge < -0.3 is 9.30 Å². The molecule has 0 aliphatic carbocycles. The van der Waals surface area contributed by atoms with Gasteiger partial charge in [0.15, 0.2) is 4.80 Å². The predicted octanol–water partition coefficient (Wildman–Crippen LogP) is 4.31. The fourth-order valence-electron chi connectivity index (χ4n) is 2.55. The first-order chi connectivity index (χ1) is 12.5. The number of fused-ring (bicyclic) bond motifs is 1. The van der Waals surface area contributed by atoms with E-state index in [4.69, 9.17) is 4.74 Å². The molecule has 1 heterocycles. The Labute approximate surface area is 152 Å². The van der Waals surface area contributed by atoms with E-state index >= 15 is 0 Å². The van der Waals surface area contributed by atoms with Crippen molar-refractivity contribution in [2.75, 3.05) is 6.61 Å². The number of nitrogens with zero attached hydrogens (tertiary/aromatic N) is 2. The second kappa shape index (κ2) is 7.61. The normalized spacial score (nSPS) is 11.7. The maximum Gasteiger partial charge on any atom is 0.285 e. The third-order valence-electron chi connectivity index (χ3n) is 3.65. The second-order valence-electron chi connectivity index (χ2n) is 5.36. The van der Waals surface area contributed by atoms with E-state index in [9.17, 15) is 13.6 Å². The summed E-state index contributed by atoms with van der Waals surface area (Å²) in [6.07, 6.45) is 1.66. The van der Waals surface area contributed by atoms with Crippen LogP contribution in [-0.4, -0.2) is 17.1 Å². The molecule has 26 heavy (non-hydrogen) atoms.